The zero-order valence-corrected chi connectivity index (χ0v) is 24.9. The molecule has 0 unspecified atom stereocenters. The summed E-state index contributed by atoms with van der Waals surface area (Å²) >= 11 is 0. The smallest absolute Gasteiger partial charge is 0.159 e. The molecule has 1 aliphatic rings. The third kappa shape index (κ3) is 11.3. The van der Waals surface area contributed by atoms with E-state index in [1.54, 1.807) is 0 Å². The largest absolute Gasteiger partial charge is 0.493 e. The van der Waals surface area contributed by atoms with E-state index >= 15 is 0 Å². The molecule has 1 aromatic heterocycles. The Bertz CT molecular complexity index is 939. The number of hydrogen-bond acceptors (Lipinski definition) is 4. The summed E-state index contributed by atoms with van der Waals surface area (Å²) in [5.74, 6) is 2.22. The van der Waals surface area contributed by atoms with E-state index in [1.807, 2.05) is 24.5 Å². The Hall–Kier alpha value is -2.41. The Morgan fingerprint density at radius 3 is 1.95 bits per heavy atom. The second kappa shape index (κ2) is 18.0. The van der Waals surface area contributed by atoms with Crippen LogP contribution >= 0.6 is 0 Å². The van der Waals surface area contributed by atoms with Crippen LogP contribution in [-0.4, -0.2) is 16.6 Å². The fourth-order valence-electron chi connectivity index (χ4n) is 5.89. The molecule has 39 heavy (non-hydrogen) atoms. The molecule has 0 N–H and O–H groups in total. The number of benzene rings is 1. The van der Waals surface area contributed by atoms with E-state index in [1.165, 1.54) is 89.0 Å². The van der Waals surface area contributed by atoms with Crippen molar-refractivity contribution in [2.45, 2.75) is 136 Å². The summed E-state index contributed by atoms with van der Waals surface area (Å²) in [5, 5.41) is 9.87. The van der Waals surface area contributed by atoms with Crippen LogP contribution in [0.5, 0.6) is 5.75 Å². The van der Waals surface area contributed by atoms with Gasteiger partial charge in [-0.25, -0.2) is 9.97 Å². The maximum absolute atomic E-state index is 9.87. The van der Waals surface area contributed by atoms with Gasteiger partial charge in [-0.1, -0.05) is 90.9 Å². The van der Waals surface area contributed by atoms with Crippen molar-refractivity contribution in [2.24, 2.45) is 11.3 Å². The molecule has 0 aliphatic heterocycles. The summed E-state index contributed by atoms with van der Waals surface area (Å²) in [6, 6.07) is 10.9. The lowest BCUT2D eigenvalue weighted by atomic mass is 9.69. The number of aryl methyl sites for hydroxylation is 1. The summed E-state index contributed by atoms with van der Waals surface area (Å²) in [4.78, 5) is 9.25. The van der Waals surface area contributed by atoms with Gasteiger partial charge in [0.05, 0.1) is 18.1 Å². The van der Waals surface area contributed by atoms with Crippen molar-refractivity contribution in [3.8, 4) is 23.2 Å². The molecule has 1 saturated carbocycles. The second-order valence-corrected chi connectivity index (χ2v) is 12.0. The van der Waals surface area contributed by atoms with Gasteiger partial charge >= 0.3 is 0 Å². The normalized spacial score (nSPS) is 19.1. The maximum atomic E-state index is 9.87. The van der Waals surface area contributed by atoms with Crippen LogP contribution in [-0.2, 0) is 6.42 Å². The maximum Gasteiger partial charge on any atom is 0.159 e. The molecule has 0 amide bonds. The highest BCUT2D eigenvalue weighted by Gasteiger charge is 2.35. The fraction of sp³-hybridized carbons (Fsp3) is 0.686. The number of ether oxygens (including phenoxy) is 1. The molecular formula is C35H53N3O. The summed E-state index contributed by atoms with van der Waals surface area (Å²) in [6.07, 6.45) is 27.5. The van der Waals surface area contributed by atoms with E-state index in [2.05, 4.69) is 42.0 Å². The van der Waals surface area contributed by atoms with Gasteiger partial charge in [0.15, 0.2) is 5.82 Å². The zero-order chi connectivity index (χ0) is 27.6. The lowest BCUT2D eigenvalue weighted by Crippen LogP contribution is -2.28. The molecule has 3 rings (SSSR count). The van der Waals surface area contributed by atoms with Gasteiger partial charge in [-0.15, -0.1) is 0 Å². The van der Waals surface area contributed by atoms with Crippen LogP contribution in [0.2, 0.25) is 0 Å². The average molecular weight is 532 g/mol. The van der Waals surface area contributed by atoms with E-state index in [-0.39, 0.29) is 5.41 Å². The highest BCUT2D eigenvalue weighted by atomic mass is 16.5. The topological polar surface area (TPSA) is 58.8 Å². The van der Waals surface area contributed by atoms with Gasteiger partial charge in [0.1, 0.15) is 5.75 Å². The van der Waals surface area contributed by atoms with Crippen molar-refractivity contribution in [3.63, 3.8) is 0 Å². The van der Waals surface area contributed by atoms with Crippen molar-refractivity contribution < 1.29 is 4.74 Å². The van der Waals surface area contributed by atoms with Gasteiger partial charge in [0.2, 0.25) is 0 Å². The lowest BCUT2D eigenvalue weighted by molar-refractivity contribution is 0.144. The van der Waals surface area contributed by atoms with E-state index < -0.39 is 0 Å². The third-order valence-corrected chi connectivity index (χ3v) is 8.68. The number of unbranched alkanes of at least 4 members (excludes halogenated alkanes) is 11. The monoisotopic (exact) mass is 531 g/mol. The van der Waals surface area contributed by atoms with Crippen molar-refractivity contribution in [1.82, 2.24) is 9.97 Å². The molecule has 0 bridgehead atoms. The molecule has 214 valence electrons. The zero-order valence-electron chi connectivity index (χ0n) is 24.9. The Morgan fingerprint density at radius 1 is 0.795 bits per heavy atom. The van der Waals surface area contributed by atoms with Crippen LogP contribution in [0.4, 0.5) is 0 Å². The molecule has 1 heterocycles. The van der Waals surface area contributed by atoms with Gasteiger partial charge in [-0.3, -0.25) is 0 Å². The molecule has 1 fully saturated rings. The first-order chi connectivity index (χ1) is 19.2. The standard InChI is InChI=1S/C35H53N3O/c1-3-5-7-9-10-11-12-14-16-31-26-37-34(38-27-31)32-17-19-33(20-18-32)39-28-30-21-24-35(29-36,25-22-30)23-15-13-8-6-4-2/h17-20,26-27,30H,3-16,21-25,28H2,1-2H3. The Labute approximate surface area is 239 Å². The molecule has 2 aromatic rings. The molecule has 1 aliphatic carbocycles. The highest BCUT2D eigenvalue weighted by Crippen LogP contribution is 2.42. The minimum Gasteiger partial charge on any atom is -0.493 e. The van der Waals surface area contributed by atoms with E-state index in [0.717, 1.165) is 62.3 Å². The third-order valence-electron chi connectivity index (χ3n) is 8.68. The Morgan fingerprint density at radius 2 is 1.36 bits per heavy atom. The van der Waals surface area contributed by atoms with Gasteiger partial charge in [0, 0.05) is 18.0 Å². The van der Waals surface area contributed by atoms with Crippen LogP contribution in [0.1, 0.15) is 135 Å². The number of hydrogen-bond donors (Lipinski definition) is 0. The number of nitriles is 1. The highest BCUT2D eigenvalue weighted by molar-refractivity contribution is 5.55. The predicted octanol–water partition coefficient (Wildman–Crippen LogP) is 10.3. The quantitative estimate of drug-likeness (QED) is 0.169. The van der Waals surface area contributed by atoms with Crippen molar-refractivity contribution in [2.75, 3.05) is 6.61 Å². The van der Waals surface area contributed by atoms with Crippen molar-refractivity contribution in [1.29, 1.82) is 5.26 Å². The predicted molar refractivity (Wildman–Crippen MR) is 163 cm³/mol. The van der Waals surface area contributed by atoms with Crippen LogP contribution in [0.15, 0.2) is 36.7 Å². The summed E-state index contributed by atoms with van der Waals surface area (Å²) in [6.45, 7) is 5.26. The molecule has 0 saturated heterocycles. The Balaban J connectivity index is 1.34. The van der Waals surface area contributed by atoms with E-state index in [9.17, 15) is 5.26 Å². The minimum absolute atomic E-state index is 0.0895. The minimum atomic E-state index is -0.0895. The summed E-state index contributed by atoms with van der Waals surface area (Å²) in [7, 11) is 0. The average Bonchev–Trinajstić information content (AvgIpc) is 2.98. The van der Waals surface area contributed by atoms with Crippen LogP contribution in [0.3, 0.4) is 0 Å². The molecular weight excluding hydrogens is 478 g/mol. The van der Waals surface area contributed by atoms with E-state index in [0.29, 0.717) is 5.92 Å². The first-order valence-corrected chi connectivity index (χ1v) is 16.1. The second-order valence-electron chi connectivity index (χ2n) is 12.0. The van der Waals surface area contributed by atoms with Crippen LogP contribution in [0, 0.1) is 22.7 Å². The first kappa shape index (κ1) is 31.1. The molecule has 0 radical (unpaired) electrons. The summed E-state index contributed by atoms with van der Waals surface area (Å²) < 4.78 is 6.15. The van der Waals surface area contributed by atoms with Gasteiger partial charge in [0.25, 0.3) is 0 Å². The van der Waals surface area contributed by atoms with Crippen molar-refractivity contribution in [3.05, 3.63) is 42.2 Å². The lowest BCUT2D eigenvalue weighted by Gasteiger charge is -2.35. The number of aromatic nitrogens is 2. The van der Waals surface area contributed by atoms with E-state index in [4.69, 9.17) is 4.74 Å². The summed E-state index contributed by atoms with van der Waals surface area (Å²) in [5.41, 5.74) is 2.17. The Kier molecular flexibility index (Phi) is 14.4. The van der Waals surface area contributed by atoms with Crippen LogP contribution < -0.4 is 4.74 Å². The van der Waals surface area contributed by atoms with Gasteiger partial charge in [-0.05, 0) is 80.7 Å². The van der Waals surface area contributed by atoms with Gasteiger partial charge in [-0.2, -0.15) is 5.26 Å². The van der Waals surface area contributed by atoms with Crippen molar-refractivity contribution >= 4 is 0 Å². The van der Waals surface area contributed by atoms with Crippen LogP contribution in [0.25, 0.3) is 11.4 Å². The molecule has 4 heteroatoms. The SMILES string of the molecule is CCCCCCCCCCc1cnc(-c2ccc(OCC3CCC(C#N)(CCCCCCC)CC3)cc2)nc1. The molecule has 4 nitrogen and oxygen atoms in total. The molecule has 1 aromatic carbocycles. The number of rotatable bonds is 19. The fourth-order valence-corrected chi connectivity index (χ4v) is 5.89. The van der Waals surface area contributed by atoms with Gasteiger partial charge < -0.3 is 4.74 Å². The molecule has 0 spiro atoms. The number of nitrogens with zero attached hydrogens (tertiary/aromatic N) is 3. The molecule has 0 atom stereocenters. The first-order valence-electron chi connectivity index (χ1n) is 16.1.